The lowest BCUT2D eigenvalue weighted by molar-refractivity contribution is -0.118. The molecule has 41 heavy (non-hydrogen) atoms. The number of para-hydroxylation sites is 1. The lowest BCUT2D eigenvalue weighted by atomic mass is 9.96. The highest BCUT2D eigenvalue weighted by Gasteiger charge is 2.24. The molecule has 0 bridgehead atoms. The first-order chi connectivity index (χ1) is 20.0. The van der Waals surface area contributed by atoms with Gasteiger partial charge in [-0.15, -0.1) is 11.3 Å². The minimum atomic E-state index is -0.221. The third-order valence-electron chi connectivity index (χ3n) is 7.28. The predicted molar refractivity (Wildman–Crippen MR) is 168 cm³/mol. The number of aryl methyl sites for hydroxylation is 3. The average Bonchev–Trinajstić information content (AvgIpc) is 3.30. The van der Waals surface area contributed by atoms with Gasteiger partial charge in [0.05, 0.1) is 5.56 Å². The number of hydrogen-bond donors (Lipinski definition) is 2. The fourth-order valence-corrected chi connectivity index (χ4v) is 6.12. The first kappa shape index (κ1) is 28.3. The van der Waals surface area contributed by atoms with Gasteiger partial charge in [-0.3, -0.25) is 9.59 Å². The van der Waals surface area contributed by atoms with Crippen molar-refractivity contribution < 1.29 is 14.3 Å². The van der Waals surface area contributed by atoms with Crippen molar-refractivity contribution in [2.45, 2.75) is 52.4 Å². The van der Waals surface area contributed by atoms with Crippen LogP contribution in [0.25, 0.3) is 0 Å². The molecular formula is C34H35N3O3S. The Kier molecular flexibility index (Phi) is 9.26. The Morgan fingerprint density at radius 3 is 2.37 bits per heavy atom. The summed E-state index contributed by atoms with van der Waals surface area (Å²) in [5.74, 6) is 0.274. The summed E-state index contributed by atoms with van der Waals surface area (Å²) in [5, 5.41) is 6.68. The molecule has 0 spiro atoms. The summed E-state index contributed by atoms with van der Waals surface area (Å²) in [6.45, 7) is 4.04. The largest absolute Gasteiger partial charge is 0.484 e. The number of fused-ring (bicyclic) bond motifs is 1. The van der Waals surface area contributed by atoms with Gasteiger partial charge in [0, 0.05) is 22.5 Å². The standard InChI is InChI=1S/C34H35N3O3S/c1-23-14-17-27(20-24(23)2)37-33(39)32-29-12-8-3-4-9-13-30(29)41-34(32)35-21-25-15-18-28(19-16-25)40-22-31(38)36-26-10-6-5-7-11-26/h5-7,10-11,14-21H,3-4,8-9,12-13,22H2,1-2H3,(H,36,38)(H,37,39). The second-order valence-corrected chi connectivity index (χ2v) is 11.5. The van der Waals surface area contributed by atoms with E-state index in [-0.39, 0.29) is 18.4 Å². The van der Waals surface area contributed by atoms with Gasteiger partial charge in [-0.05, 0) is 110 Å². The minimum Gasteiger partial charge on any atom is -0.484 e. The summed E-state index contributed by atoms with van der Waals surface area (Å²) < 4.78 is 5.65. The number of nitrogens with zero attached hydrogens (tertiary/aromatic N) is 1. The Morgan fingerprint density at radius 2 is 1.61 bits per heavy atom. The van der Waals surface area contributed by atoms with Crippen LogP contribution in [0.5, 0.6) is 5.75 Å². The molecule has 4 aromatic rings. The predicted octanol–water partition coefficient (Wildman–Crippen LogP) is 8.04. The van der Waals surface area contributed by atoms with E-state index < -0.39 is 0 Å². The molecular weight excluding hydrogens is 530 g/mol. The number of thiophene rings is 1. The summed E-state index contributed by atoms with van der Waals surface area (Å²) in [5.41, 5.74) is 6.61. The Morgan fingerprint density at radius 1 is 0.854 bits per heavy atom. The first-order valence-electron chi connectivity index (χ1n) is 14.1. The molecule has 3 aromatic carbocycles. The van der Waals surface area contributed by atoms with Gasteiger partial charge >= 0.3 is 0 Å². The van der Waals surface area contributed by atoms with E-state index in [9.17, 15) is 9.59 Å². The summed E-state index contributed by atoms with van der Waals surface area (Å²) in [7, 11) is 0. The van der Waals surface area contributed by atoms with Gasteiger partial charge in [-0.1, -0.05) is 37.1 Å². The monoisotopic (exact) mass is 565 g/mol. The quantitative estimate of drug-likeness (QED) is 0.212. The number of ether oxygens (including phenoxy) is 1. The summed E-state index contributed by atoms with van der Waals surface area (Å²) in [6.07, 6.45) is 8.32. The molecule has 0 unspecified atom stereocenters. The lowest BCUT2D eigenvalue weighted by Crippen LogP contribution is -2.20. The summed E-state index contributed by atoms with van der Waals surface area (Å²) in [6, 6.07) is 22.7. The molecule has 0 aliphatic heterocycles. The maximum absolute atomic E-state index is 13.6. The molecule has 2 N–H and O–H groups in total. The van der Waals surface area contributed by atoms with Crippen LogP contribution in [0.1, 0.15) is 63.2 Å². The zero-order valence-electron chi connectivity index (χ0n) is 23.5. The highest BCUT2D eigenvalue weighted by Crippen LogP contribution is 2.39. The van der Waals surface area contributed by atoms with Crippen molar-refractivity contribution in [3.8, 4) is 5.75 Å². The van der Waals surface area contributed by atoms with Crippen LogP contribution in [0.15, 0.2) is 77.8 Å². The SMILES string of the molecule is Cc1ccc(NC(=O)c2c(N=Cc3ccc(OCC(=O)Nc4ccccc4)cc3)sc3c2CCCCCC3)cc1C. The summed E-state index contributed by atoms with van der Waals surface area (Å²) in [4.78, 5) is 31.9. The van der Waals surface area contributed by atoms with E-state index in [1.165, 1.54) is 23.3 Å². The molecule has 6 nitrogen and oxygen atoms in total. The van der Waals surface area contributed by atoms with Crippen LogP contribution in [-0.2, 0) is 17.6 Å². The number of aliphatic imine (C=N–C) groups is 1. The van der Waals surface area contributed by atoms with E-state index in [4.69, 9.17) is 9.73 Å². The molecule has 0 fully saturated rings. The molecule has 0 saturated carbocycles. The number of nitrogens with one attached hydrogen (secondary N) is 2. The van der Waals surface area contributed by atoms with Crippen molar-refractivity contribution in [2.24, 2.45) is 4.99 Å². The maximum atomic E-state index is 13.6. The number of carbonyl (C=O) groups excluding carboxylic acids is 2. The van der Waals surface area contributed by atoms with Gasteiger partial charge in [0.15, 0.2) is 6.61 Å². The Balaban J connectivity index is 1.30. The number of rotatable bonds is 8. The van der Waals surface area contributed by atoms with Crippen molar-refractivity contribution in [2.75, 3.05) is 17.2 Å². The topological polar surface area (TPSA) is 79.8 Å². The van der Waals surface area contributed by atoms with Crippen LogP contribution in [0.4, 0.5) is 16.4 Å². The fourth-order valence-electron chi connectivity index (χ4n) is 4.89. The molecule has 1 aliphatic carbocycles. The second-order valence-electron chi connectivity index (χ2n) is 10.4. The molecule has 210 valence electrons. The van der Waals surface area contributed by atoms with Crippen molar-refractivity contribution >= 4 is 45.7 Å². The second kappa shape index (κ2) is 13.4. The molecule has 1 aliphatic rings. The van der Waals surface area contributed by atoms with Crippen molar-refractivity contribution in [3.63, 3.8) is 0 Å². The highest BCUT2D eigenvalue weighted by molar-refractivity contribution is 7.16. The molecule has 0 saturated heterocycles. The Hall–Kier alpha value is -4.23. The van der Waals surface area contributed by atoms with E-state index in [1.54, 1.807) is 17.6 Å². The third-order valence-corrected chi connectivity index (χ3v) is 8.48. The van der Waals surface area contributed by atoms with Crippen LogP contribution in [0, 0.1) is 13.8 Å². The summed E-state index contributed by atoms with van der Waals surface area (Å²) >= 11 is 1.64. The molecule has 7 heteroatoms. The smallest absolute Gasteiger partial charge is 0.262 e. The first-order valence-corrected chi connectivity index (χ1v) is 14.9. The number of amides is 2. The zero-order valence-corrected chi connectivity index (χ0v) is 24.4. The van der Waals surface area contributed by atoms with Crippen LogP contribution in [-0.4, -0.2) is 24.6 Å². The molecule has 2 amide bonds. The van der Waals surface area contributed by atoms with Crippen LogP contribution in [0.2, 0.25) is 0 Å². The van der Waals surface area contributed by atoms with Crippen molar-refractivity contribution in [1.29, 1.82) is 0 Å². The molecule has 1 aromatic heterocycles. The van der Waals surface area contributed by atoms with Gasteiger partial charge in [0.2, 0.25) is 0 Å². The van der Waals surface area contributed by atoms with Crippen molar-refractivity contribution in [1.82, 2.24) is 0 Å². The number of hydrogen-bond acceptors (Lipinski definition) is 5. The van der Waals surface area contributed by atoms with Gasteiger partial charge in [0.1, 0.15) is 10.8 Å². The normalized spacial score (nSPS) is 13.2. The van der Waals surface area contributed by atoms with Gasteiger partial charge in [-0.2, -0.15) is 0 Å². The average molecular weight is 566 g/mol. The van der Waals surface area contributed by atoms with Crippen LogP contribution < -0.4 is 15.4 Å². The zero-order chi connectivity index (χ0) is 28.6. The van der Waals surface area contributed by atoms with Crippen molar-refractivity contribution in [3.05, 3.63) is 105 Å². The molecule has 0 atom stereocenters. The van der Waals surface area contributed by atoms with Crippen LogP contribution >= 0.6 is 11.3 Å². The third kappa shape index (κ3) is 7.50. The fraction of sp³-hybridized carbons (Fsp3) is 0.265. The maximum Gasteiger partial charge on any atom is 0.262 e. The highest BCUT2D eigenvalue weighted by atomic mass is 32.1. The molecule has 1 heterocycles. The van der Waals surface area contributed by atoms with Gasteiger partial charge in [-0.25, -0.2) is 4.99 Å². The van der Waals surface area contributed by atoms with Gasteiger partial charge in [0.25, 0.3) is 11.8 Å². The molecule has 5 rings (SSSR count). The Labute approximate surface area is 245 Å². The van der Waals surface area contributed by atoms with Gasteiger partial charge < -0.3 is 15.4 Å². The molecule has 0 radical (unpaired) electrons. The van der Waals surface area contributed by atoms with E-state index in [2.05, 4.69) is 24.5 Å². The van der Waals surface area contributed by atoms with E-state index in [0.717, 1.165) is 58.7 Å². The number of carbonyl (C=O) groups is 2. The lowest BCUT2D eigenvalue weighted by Gasteiger charge is -2.12. The minimum absolute atomic E-state index is 0.0813. The van der Waals surface area contributed by atoms with E-state index in [1.807, 2.05) is 72.8 Å². The number of anilines is 2. The van der Waals surface area contributed by atoms with Crippen LogP contribution in [0.3, 0.4) is 0 Å². The van der Waals surface area contributed by atoms with E-state index in [0.29, 0.717) is 11.3 Å². The van der Waals surface area contributed by atoms with E-state index >= 15 is 0 Å². The number of benzene rings is 3. The Bertz CT molecular complexity index is 1540.